The largest absolute Gasteiger partial charge is 0.493 e. The van der Waals surface area contributed by atoms with Crippen molar-refractivity contribution in [1.82, 2.24) is 14.8 Å². The molecular weight excluding hydrogens is 471 g/mol. The topological polar surface area (TPSA) is 70.4 Å². The number of aromatic nitrogens is 3. The van der Waals surface area contributed by atoms with E-state index >= 15 is 4.39 Å². The van der Waals surface area contributed by atoms with Gasteiger partial charge in [0.1, 0.15) is 30.0 Å². The monoisotopic (exact) mass is 490 g/mol. The van der Waals surface area contributed by atoms with Crippen molar-refractivity contribution in [3.8, 4) is 17.2 Å². The van der Waals surface area contributed by atoms with Gasteiger partial charge in [-0.25, -0.2) is 9.07 Å². The Morgan fingerprint density at radius 2 is 1.86 bits per heavy atom. The molecule has 3 aromatic carbocycles. The Morgan fingerprint density at radius 1 is 1.03 bits per heavy atom. The van der Waals surface area contributed by atoms with E-state index in [0.29, 0.717) is 33.8 Å². The molecule has 1 N–H and O–H groups in total. The number of nitrogens with one attached hydrogen (secondary N) is 1. The number of ether oxygens (including phenoxy) is 3. The second-order valence-corrected chi connectivity index (χ2v) is 8.60. The number of fused-ring (bicyclic) bond motifs is 3. The molecule has 0 radical (unpaired) electrons. The van der Waals surface area contributed by atoms with Crippen molar-refractivity contribution in [2.24, 2.45) is 0 Å². The fraction of sp³-hybridized carbons (Fsp3) is 0.154. The second-order valence-electron chi connectivity index (χ2n) is 8.16. The minimum atomic E-state index is -0.616. The molecule has 0 amide bonds. The molecule has 7 nitrogen and oxygen atoms in total. The van der Waals surface area contributed by atoms with Crippen LogP contribution in [-0.2, 0) is 0 Å². The summed E-state index contributed by atoms with van der Waals surface area (Å²) in [5, 5.41) is 8.37. The molecule has 4 aromatic rings. The summed E-state index contributed by atoms with van der Waals surface area (Å²) in [6, 6.07) is 17.1. The number of nitrogens with zero attached hydrogens (tertiary/aromatic N) is 3. The van der Waals surface area contributed by atoms with Gasteiger partial charge in [0.25, 0.3) is 0 Å². The lowest BCUT2D eigenvalue weighted by molar-refractivity contribution is 0.221. The van der Waals surface area contributed by atoms with E-state index < -0.39 is 12.1 Å². The number of methoxy groups -OCH3 is 2. The first-order valence-corrected chi connectivity index (χ1v) is 11.3. The molecule has 0 saturated heterocycles. The summed E-state index contributed by atoms with van der Waals surface area (Å²) >= 11 is 6.36. The highest BCUT2D eigenvalue weighted by Crippen LogP contribution is 2.51. The van der Waals surface area contributed by atoms with Gasteiger partial charge in [-0.1, -0.05) is 35.9 Å². The van der Waals surface area contributed by atoms with Crippen LogP contribution in [0.1, 0.15) is 28.8 Å². The molecule has 6 rings (SSSR count). The van der Waals surface area contributed by atoms with Crippen molar-refractivity contribution in [3.63, 3.8) is 0 Å². The van der Waals surface area contributed by atoms with Crippen LogP contribution < -0.4 is 19.5 Å². The third kappa shape index (κ3) is 3.40. The summed E-state index contributed by atoms with van der Waals surface area (Å²) in [7, 11) is 3.16. The van der Waals surface area contributed by atoms with Gasteiger partial charge in [-0.05, 0) is 36.4 Å². The van der Waals surface area contributed by atoms with Crippen LogP contribution in [0.15, 0.2) is 72.6 Å². The van der Waals surface area contributed by atoms with Crippen LogP contribution in [0.3, 0.4) is 0 Å². The lowest BCUT2D eigenvalue weighted by atomic mass is 9.84. The Balaban J connectivity index is 1.63. The first-order chi connectivity index (χ1) is 17.1. The van der Waals surface area contributed by atoms with E-state index in [0.717, 1.165) is 22.4 Å². The highest BCUT2D eigenvalue weighted by molar-refractivity contribution is 6.30. The predicted molar refractivity (Wildman–Crippen MR) is 129 cm³/mol. The average molecular weight is 491 g/mol. The number of hydrogen-bond acceptors (Lipinski definition) is 6. The quantitative estimate of drug-likeness (QED) is 0.399. The van der Waals surface area contributed by atoms with Gasteiger partial charge in [0, 0.05) is 27.3 Å². The standard InChI is InChI=1S/C26H20ClFN4O3/c1-33-20-9-7-14(11-21(20)34-2)25-22-23(17-12-15(27)8-10-19(17)35-25)31-26-29-13-30-32(26)24(22)16-5-3-4-6-18(16)28/h3-13,24-25H,1-2H3,(H,29,30,31)/t24-,25-/m1/s1. The smallest absolute Gasteiger partial charge is 0.226 e. The van der Waals surface area contributed by atoms with Gasteiger partial charge in [-0.15, -0.1) is 0 Å². The van der Waals surface area contributed by atoms with Crippen molar-refractivity contribution < 1.29 is 18.6 Å². The Bertz CT molecular complexity index is 1490. The minimum Gasteiger partial charge on any atom is -0.493 e. The lowest BCUT2D eigenvalue weighted by Crippen LogP contribution is -2.32. The Labute approximate surface area is 205 Å². The summed E-state index contributed by atoms with van der Waals surface area (Å²) in [6.07, 6.45) is 0.854. The molecule has 0 spiro atoms. The van der Waals surface area contributed by atoms with Gasteiger partial charge in [-0.2, -0.15) is 10.1 Å². The molecule has 9 heteroatoms. The zero-order valence-electron chi connectivity index (χ0n) is 18.8. The molecule has 0 unspecified atom stereocenters. The first kappa shape index (κ1) is 21.5. The highest BCUT2D eigenvalue weighted by Gasteiger charge is 2.42. The lowest BCUT2D eigenvalue weighted by Gasteiger charge is -2.39. The zero-order chi connectivity index (χ0) is 24.1. The van der Waals surface area contributed by atoms with Crippen LogP contribution in [0.4, 0.5) is 10.3 Å². The highest BCUT2D eigenvalue weighted by atomic mass is 35.5. The zero-order valence-corrected chi connectivity index (χ0v) is 19.6. The summed E-state index contributed by atoms with van der Waals surface area (Å²) < 4.78 is 34.4. The molecule has 3 heterocycles. The van der Waals surface area contributed by atoms with Crippen molar-refractivity contribution in [2.45, 2.75) is 12.1 Å². The van der Waals surface area contributed by atoms with E-state index in [4.69, 9.17) is 25.8 Å². The summed E-state index contributed by atoms with van der Waals surface area (Å²) in [5.74, 6) is 1.94. The van der Waals surface area contributed by atoms with Crippen molar-refractivity contribution in [3.05, 3.63) is 100 Å². The van der Waals surface area contributed by atoms with E-state index in [2.05, 4.69) is 15.4 Å². The normalized spacial score (nSPS) is 18.1. The van der Waals surface area contributed by atoms with Crippen molar-refractivity contribution >= 4 is 23.2 Å². The van der Waals surface area contributed by atoms with Crippen LogP contribution in [0.2, 0.25) is 5.02 Å². The molecule has 2 aliphatic heterocycles. The molecule has 0 aliphatic carbocycles. The van der Waals surface area contributed by atoms with Crippen LogP contribution in [0.25, 0.3) is 5.70 Å². The number of benzene rings is 3. The van der Waals surface area contributed by atoms with Gasteiger partial charge in [0.05, 0.1) is 19.9 Å². The average Bonchev–Trinajstić information content (AvgIpc) is 3.35. The second kappa shape index (κ2) is 8.32. The minimum absolute atomic E-state index is 0.351. The Morgan fingerprint density at radius 3 is 2.66 bits per heavy atom. The molecule has 2 atom stereocenters. The maximum absolute atomic E-state index is 15.2. The Hall–Kier alpha value is -4.04. The molecule has 1 aromatic heterocycles. The molecule has 0 saturated carbocycles. The maximum Gasteiger partial charge on any atom is 0.226 e. The summed E-state index contributed by atoms with van der Waals surface area (Å²) in [6.45, 7) is 0. The predicted octanol–water partition coefficient (Wildman–Crippen LogP) is 5.65. The number of hydrogen-bond donors (Lipinski definition) is 1. The fourth-order valence-electron chi connectivity index (χ4n) is 4.73. The van der Waals surface area contributed by atoms with Gasteiger partial charge in [-0.3, -0.25) is 0 Å². The molecule has 35 heavy (non-hydrogen) atoms. The van der Waals surface area contributed by atoms with E-state index in [9.17, 15) is 0 Å². The van der Waals surface area contributed by atoms with Crippen molar-refractivity contribution in [1.29, 1.82) is 0 Å². The van der Waals surface area contributed by atoms with Crippen LogP contribution >= 0.6 is 11.6 Å². The maximum atomic E-state index is 15.2. The van der Waals surface area contributed by atoms with Gasteiger partial charge >= 0.3 is 0 Å². The fourth-order valence-corrected chi connectivity index (χ4v) is 4.90. The van der Waals surface area contributed by atoms with Crippen LogP contribution in [0.5, 0.6) is 17.2 Å². The van der Waals surface area contributed by atoms with E-state index in [1.807, 2.05) is 30.3 Å². The molecule has 0 fully saturated rings. The van der Waals surface area contributed by atoms with E-state index in [1.165, 1.54) is 12.4 Å². The third-order valence-electron chi connectivity index (χ3n) is 6.29. The number of halogens is 2. The Kier molecular flexibility index (Phi) is 5.11. The molecular formula is C26H20ClFN4O3. The number of anilines is 1. The van der Waals surface area contributed by atoms with Crippen LogP contribution in [-0.4, -0.2) is 29.0 Å². The van der Waals surface area contributed by atoms with E-state index in [1.54, 1.807) is 43.2 Å². The SMILES string of the molecule is COc1ccc([C@H]2Oc3ccc(Cl)cc3C3=C2[C@@H](c2ccccc2F)n2ncnc2N3)cc1OC. The number of rotatable bonds is 4. The van der Waals surface area contributed by atoms with Gasteiger partial charge in [0.15, 0.2) is 11.5 Å². The summed E-state index contributed by atoms with van der Waals surface area (Å²) in [5.41, 5.74) is 3.55. The first-order valence-electron chi connectivity index (χ1n) is 10.9. The van der Waals surface area contributed by atoms with Gasteiger partial charge in [0.2, 0.25) is 5.95 Å². The van der Waals surface area contributed by atoms with E-state index in [-0.39, 0.29) is 5.82 Å². The molecule has 0 bridgehead atoms. The molecule has 176 valence electrons. The summed E-state index contributed by atoms with van der Waals surface area (Å²) in [4.78, 5) is 4.37. The van der Waals surface area contributed by atoms with Gasteiger partial charge < -0.3 is 19.5 Å². The third-order valence-corrected chi connectivity index (χ3v) is 6.52. The van der Waals surface area contributed by atoms with Crippen molar-refractivity contribution in [2.75, 3.05) is 19.5 Å². The molecule has 2 aliphatic rings. The van der Waals surface area contributed by atoms with Crippen LogP contribution in [0, 0.1) is 5.82 Å².